The van der Waals surface area contributed by atoms with Crippen LogP contribution in [0.5, 0.6) is 0 Å². The van der Waals surface area contributed by atoms with Gasteiger partial charge in [-0.2, -0.15) is 4.31 Å². The van der Waals surface area contributed by atoms with Gasteiger partial charge in [0.25, 0.3) is 0 Å². The van der Waals surface area contributed by atoms with Crippen LogP contribution in [0.4, 0.5) is 0 Å². The van der Waals surface area contributed by atoms with Crippen LogP contribution in [-0.4, -0.2) is 51.0 Å². The zero-order chi connectivity index (χ0) is 17.6. The molecule has 1 heterocycles. The zero-order valence-corrected chi connectivity index (χ0v) is 15.1. The molecule has 1 aromatic carbocycles. The zero-order valence-electron chi connectivity index (χ0n) is 14.3. The Morgan fingerprint density at radius 2 is 2.04 bits per heavy atom. The Labute approximate surface area is 144 Å². The maximum atomic E-state index is 12.8. The molecule has 1 saturated heterocycles. The van der Waals surface area contributed by atoms with Crippen molar-refractivity contribution >= 4 is 15.9 Å². The second-order valence-electron chi connectivity index (χ2n) is 5.93. The third kappa shape index (κ3) is 4.55. The molecule has 2 rings (SSSR count). The lowest BCUT2D eigenvalue weighted by molar-refractivity contribution is -0.124. The van der Waals surface area contributed by atoms with E-state index in [0.717, 1.165) is 12.0 Å². The fourth-order valence-electron chi connectivity index (χ4n) is 2.78. The van der Waals surface area contributed by atoms with Crippen LogP contribution < -0.4 is 5.32 Å². The Morgan fingerprint density at radius 1 is 1.33 bits per heavy atom. The number of aryl methyl sites for hydroxylation is 1. The molecule has 0 saturated carbocycles. The summed E-state index contributed by atoms with van der Waals surface area (Å²) in [5.74, 6) is -0.223. The van der Waals surface area contributed by atoms with Gasteiger partial charge in [0, 0.05) is 26.3 Å². The summed E-state index contributed by atoms with van der Waals surface area (Å²) in [6.45, 7) is 5.95. The van der Waals surface area contributed by atoms with Gasteiger partial charge < -0.3 is 10.1 Å². The van der Waals surface area contributed by atoms with Gasteiger partial charge in [0.15, 0.2) is 0 Å². The first kappa shape index (κ1) is 18.9. The highest BCUT2D eigenvalue weighted by Gasteiger charge is 2.39. The van der Waals surface area contributed by atoms with Crippen LogP contribution in [0.15, 0.2) is 29.2 Å². The lowest BCUT2D eigenvalue weighted by atomic mass is 10.2. The van der Waals surface area contributed by atoms with Crippen molar-refractivity contribution < 1.29 is 17.9 Å². The number of hydrogen-bond acceptors (Lipinski definition) is 4. The van der Waals surface area contributed by atoms with Crippen molar-refractivity contribution in [3.8, 4) is 0 Å². The number of hydrogen-bond donors (Lipinski definition) is 1. The quantitative estimate of drug-likeness (QED) is 0.721. The minimum Gasteiger partial charge on any atom is -0.382 e. The number of amides is 1. The molecule has 0 unspecified atom stereocenters. The molecule has 134 valence electrons. The topological polar surface area (TPSA) is 75.7 Å². The minimum atomic E-state index is -3.64. The number of carbonyl (C=O) groups excluding carboxylic acids is 1. The molecule has 0 aromatic heterocycles. The van der Waals surface area contributed by atoms with Gasteiger partial charge in [0.1, 0.15) is 6.04 Å². The second kappa shape index (κ2) is 8.60. The van der Waals surface area contributed by atoms with E-state index in [0.29, 0.717) is 39.1 Å². The highest BCUT2D eigenvalue weighted by Crippen LogP contribution is 2.26. The third-order valence-corrected chi connectivity index (χ3v) is 6.03. The molecule has 1 atom stereocenters. The molecule has 6 nitrogen and oxygen atoms in total. The Hall–Kier alpha value is -1.44. The summed E-state index contributed by atoms with van der Waals surface area (Å²) in [4.78, 5) is 12.6. The van der Waals surface area contributed by atoms with Crippen molar-refractivity contribution in [1.82, 2.24) is 9.62 Å². The second-order valence-corrected chi connectivity index (χ2v) is 7.82. The summed E-state index contributed by atoms with van der Waals surface area (Å²) in [6, 6.07) is 6.11. The van der Waals surface area contributed by atoms with Crippen molar-refractivity contribution in [3.05, 3.63) is 29.8 Å². The van der Waals surface area contributed by atoms with E-state index in [9.17, 15) is 13.2 Å². The Balaban J connectivity index is 2.01. The predicted octanol–water partition coefficient (Wildman–Crippen LogP) is 1.69. The summed E-state index contributed by atoms with van der Waals surface area (Å²) in [5, 5.41) is 2.82. The lowest BCUT2D eigenvalue weighted by Gasteiger charge is -2.23. The fourth-order valence-corrected chi connectivity index (χ4v) is 4.44. The molecule has 1 fully saturated rings. The van der Waals surface area contributed by atoms with Gasteiger partial charge >= 0.3 is 0 Å². The van der Waals surface area contributed by atoms with Crippen molar-refractivity contribution in [2.24, 2.45) is 0 Å². The normalized spacial score (nSPS) is 18.7. The van der Waals surface area contributed by atoms with E-state index in [1.54, 1.807) is 24.3 Å². The van der Waals surface area contributed by atoms with Crippen molar-refractivity contribution in [1.29, 1.82) is 0 Å². The van der Waals surface area contributed by atoms with Crippen LogP contribution in [0.1, 0.15) is 31.7 Å². The molecular weight excluding hydrogens is 328 g/mol. The number of carbonyl (C=O) groups is 1. The standard InChI is InChI=1S/C17H26N2O4S/c1-3-23-13-5-11-18-17(20)16-6-4-12-19(16)24(21,22)15-9-7-14(2)8-10-15/h7-10,16H,3-6,11-13H2,1-2H3,(H,18,20)/t16-/m0/s1. The monoisotopic (exact) mass is 354 g/mol. The smallest absolute Gasteiger partial charge is 0.243 e. The van der Waals surface area contributed by atoms with E-state index in [2.05, 4.69) is 5.32 Å². The summed E-state index contributed by atoms with van der Waals surface area (Å²) in [5.41, 5.74) is 0.999. The average molecular weight is 354 g/mol. The summed E-state index contributed by atoms with van der Waals surface area (Å²) >= 11 is 0. The van der Waals surface area contributed by atoms with E-state index < -0.39 is 16.1 Å². The molecular formula is C17H26N2O4S. The average Bonchev–Trinajstić information content (AvgIpc) is 3.05. The number of nitrogens with zero attached hydrogens (tertiary/aromatic N) is 1. The highest BCUT2D eigenvalue weighted by atomic mass is 32.2. The molecule has 1 aromatic rings. The fraction of sp³-hybridized carbons (Fsp3) is 0.588. The Kier molecular flexibility index (Phi) is 6.77. The highest BCUT2D eigenvalue weighted by molar-refractivity contribution is 7.89. The number of ether oxygens (including phenoxy) is 1. The first-order valence-electron chi connectivity index (χ1n) is 8.40. The largest absolute Gasteiger partial charge is 0.382 e. The molecule has 7 heteroatoms. The maximum Gasteiger partial charge on any atom is 0.243 e. The van der Waals surface area contributed by atoms with Crippen LogP contribution in [0.3, 0.4) is 0 Å². The number of benzene rings is 1. The van der Waals surface area contributed by atoms with Gasteiger partial charge in [-0.05, 0) is 45.2 Å². The maximum absolute atomic E-state index is 12.8. The molecule has 1 amide bonds. The molecule has 0 radical (unpaired) electrons. The van der Waals surface area contributed by atoms with Crippen LogP contribution >= 0.6 is 0 Å². The molecule has 0 bridgehead atoms. The molecule has 1 aliphatic rings. The molecule has 1 N–H and O–H groups in total. The van der Waals surface area contributed by atoms with Crippen LogP contribution in [-0.2, 0) is 19.6 Å². The van der Waals surface area contributed by atoms with Crippen LogP contribution in [0, 0.1) is 6.92 Å². The van der Waals surface area contributed by atoms with Gasteiger partial charge in [-0.1, -0.05) is 17.7 Å². The minimum absolute atomic E-state index is 0.223. The first-order chi connectivity index (χ1) is 11.5. The predicted molar refractivity (Wildman–Crippen MR) is 92.2 cm³/mol. The molecule has 24 heavy (non-hydrogen) atoms. The molecule has 0 aliphatic carbocycles. The summed E-state index contributed by atoms with van der Waals surface area (Å²) in [6.07, 6.45) is 1.97. The van der Waals surface area contributed by atoms with Crippen molar-refractivity contribution in [2.45, 2.75) is 44.0 Å². The number of rotatable bonds is 8. The van der Waals surface area contributed by atoms with E-state index >= 15 is 0 Å². The lowest BCUT2D eigenvalue weighted by Crippen LogP contribution is -2.46. The van der Waals surface area contributed by atoms with Gasteiger partial charge in [-0.25, -0.2) is 8.42 Å². The van der Waals surface area contributed by atoms with Crippen molar-refractivity contribution in [2.75, 3.05) is 26.3 Å². The first-order valence-corrected chi connectivity index (χ1v) is 9.84. The van der Waals surface area contributed by atoms with Gasteiger partial charge in [0.05, 0.1) is 4.90 Å². The van der Waals surface area contributed by atoms with Crippen LogP contribution in [0.25, 0.3) is 0 Å². The number of nitrogens with one attached hydrogen (secondary N) is 1. The van der Waals surface area contributed by atoms with E-state index in [-0.39, 0.29) is 10.8 Å². The van der Waals surface area contributed by atoms with Gasteiger partial charge in [0.2, 0.25) is 15.9 Å². The van der Waals surface area contributed by atoms with E-state index in [4.69, 9.17) is 4.74 Å². The number of sulfonamides is 1. The van der Waals surface area contributed by atoms with E-state index in [1.807, 2.05) is 13.8 Å². The van der Waals surface area contributed by atoms with Gasteiger partial charge in [-0.3, -0.25) is 4.79 Å². The SMILES string of the molecule is CCOCCCNC(=O)[C@@H]1CCCN1S(=O)(=O)c1ccc(C)cc1. The molecule has 1 aliphatic heterocycles. The molecule has 0 spiro atoms. The van der Waals surface area contributed by atoms with E-state index in [1.165, 1.54) is 4.31 Å². The summed E-state index contributed by atoms with van der Waals surface area (Å²) < 4.78 is 32.2. The third-order valence-electron chi connectivity index (χ3n) is 4.10. The van der Waals surface area contributed by atoms with Gasteiger partial charge in [-0.15, -0.1) is 0 Å². The Morgan fingerprint density at radius 3 is 2.71 bits per heavy atom. The Bertz CT molecular complexity index is 643. The summed E-state index contributed by atoms with van der Waals surface area (Å²) in [7, 11) is -3.64. The van der Waals surface area contributed by atoms with Crippen LogP contribution in [0.2, 0.25) is 0 Å². The van der Waals surface area contributed by atoms with Crippen molar-refractivity contribution in [3.63, 3.8) is 0 Å².